The molecule has 0 radical (unpaired) electrons. The van der Waals surface area contributed by atoms with Gasteiger partial charge in [-0.2, -0.15) is 0 Å². The van der Waals surface area contributed by atoms with Gasteiger partial charge in [0.2, 0.25) is 5.88 Å². The Kier molecular flexibility index (Phi) is 5.31. The number of aliphatic hydroxyl groups is 1. The fraction of sp³-hybridized carbons (Fsp3) is 0.571. The molecule has 2 rings (SSSR count). The summed E-state index contributed by atoms with van der Waals surface area (Å²) in [6.07, 6.45) is 2.41. The van der Waals surface area contributed by atoms with Crippen LogP contribution in [0.25, 0.3) is 0 Å². The Morgan fingerprint density at radius 1 is 1.65 bits per heavy atom. The summed E-state index contributed by atoms with van der Waals surface area (Å²) in [6.45, 7) is 3.96. The normalized spacial score (nSPS) is 18.0. The first-order valence-corrected chi connectivity index (χ1v) is 6.85. The number of likely N-dealkylation sites (N-methyl/N-ethyl adjacent to an activating group) is 1. The number of ether oxygens (including phenoxy) is 2. The van der Waals surface area contributed by atoms with Gasteiger partial charge in [-0.15, -0.1) is 0 Å². The number of carbonyl (C=O) groups is 1. The number of aromatic nitrogens is 1. The molecular weight excluding hydrogens is 260 g/mol. The van der Waals surface area contributed by atoms with Crippen molar-refractivity contribution in [2.75, 3.05) is 32.9 Å². The van der Waals surface area contributed by atoms with Gasteiger partial charge in [-0.25, -0.2) is 4.98 Å². The largest absolute Gasteiger partial charge is 0.472 e. The zero-order valence-electron chi connectivity index (χ0n) is 11.6. The van der Waals surface area contributed by atoms with Gasteiger partial charge in [-0.05, 0) is 13.0 Å². The lowest BCUT2D eigenvalue weighted by Gasteiger charge is -2.20. The first kappa shape index (κ1) is 14.7. The summed E-state index contributed by atoms with van der Waals surface area (Å²) >= 11 is 0. The van der Waals surface area contributed by atoms with E-state index in [2.05, 4.69) is 4.98 Å². The maximum atomic E-state index is 12.3. The third-order valence-electron chi connectivity index (χ3n) is 3.20. The van der Waals surface area contributed by atoms with Gasteiger partial charge >= 0.3 is 0 Å². The van der Waals surface area contributed by atoms with Crippen LogP contribution < -0.4 is 4.74 Å². The zero-order valence-corrected chi connectivity index (χ0v) is 11.6. The van der Waals surface area contributed by atoms with Crippen LogP contribution in [0.2, 0.25) is 0 Å². The van der Waals surface area contributed by atoms with Crippen molar-refractivity contribution in [3.05, 3.63) is 23.9 Å². The molecule has 6 nitrogen and oxygen atoms in total. The number of hydrogen-bond donors (Lipinski definition) is 1. The highest BCUT2D eigenvalue weighted by atomic mass is 16.5. The molecule has 2 heterocycles. The smallest absolute Gasteiger partial charge is 0.254 e. The molecule has 20 heavy (non-hydrogen) atoms. The number of aliphatic hydroxyl groups excluding tert-OH is 1. The maximum Gasteiger partial charge on any atom is 0.254 e. The van der Waals surface area contributed by atoms with Gasteiger partial charge in [0.05, 0.1) is 19.8 Å². The molecule has 1 aliphatic heterocycles. The fourth-order valence-corrected chi connectivity index (χ4v) is 2.09. The lowest BCUT2D eigenvalue weighted by molar-refractivity contribution is 0.0730. The molecule has 1 aromatic heterocycles. The van der Waals surface area contributed by atoms with E-state index in [9.17, 15) is 4.79 Å². The van der Waals surface area contributed by atoms with E-state index < -0.39 is 0 Å². The molecule has 0 spiro atoms. The summed E-state index contributed by atoms with van der Waals surface area (Å²) in [4.78, 5) is 18.0. The van der Waals surface area contributed by atoms with E-state index in [0.717, 1.165) is 6.42 Å². The Morgan fingerprint density at radius 3 is 3.15 bits per heavy atom. The lowest BCUT2D eigenvalue weighted by Crippen LogP contribution is -2.33. The summed E-state index contributed by atoms with van der Waals surface area (Å²) in [7, 11) is 0. The molecule has 0 saturated carbocycles. The number of nitrogens with zero attached hydrogens (tertiary/aromatic N) is 2. The Labute approximate surface area is 118 Å². The minimum atomic E-state index is -0.128. The van der Waals surface area contributed by atoms with E-state index in [1.54, 1.807) is 23.2 Å². The molecule has 0 bridgehead atoms. The molecule has 1 N–H and O–H groups in total. The predicted octanol–water partition coefficient (Wildman–Crippen LogP) is 0.704. The van der Waals surface area contributed by atoms with Crippen molar-refractivity contribution in [1.29, 1.82) is 0 Å². The summed E-state index contributed by atoms with van der Waals surface area (Å²) in [5, 5.41) is 8.96. The second kappa shape index (κ2) is 7.21. The molecule has 1 unspecified atom stereocenters. The van der Waals surface area contributed by atoms with Crippen molar-refractivity contribution in [3.8, 4) is 5.88 Å². The second-order valence-electron chi connectivity index (χ2n) is 4.59. The minimum absolute atomic E-state index is 0.00701. The Hall–Kier alpha value is -1.66. The van der Waals surface area contributed by atoms with Crippen LogP contribution in [0.5, 0.6) is 5.88 Å². The number of hydrogen-bond acceptors (Lipinski definition) is 5. The summed E-state index contributed by atoms with van der Waals surface area (Å²) < 4.78 is 10.9. The van der Waals surface area contributed by atoms with Gasteiger partial charge in [-0.3, -0.25) is 4.79 Å². The minimum Gasteiger partial charge on any atom is -0.472 e. The Balaban J connectivity index is 2.05. The standard InChI is InChI=1S/C14H20N2O4/c1-2-16(6-7-17)14(18)11-3-5-15-13(9-11)20-12-4-8-19-10-12/h3,5,9,12,17H,2,4,6-8,10H2,1H3. The third kappa shape index (κ3) is 3.68. The molecule has 110 valence electrons. The zero-order chi connectivity index (χ0) is 14.4. The molecule has 1 aromatic rings. The highest BCUT2D eigenvalue weighted by Gasteiger charge is 2.19. The average molecular weight is 280 g/mol. The highest BCUT2D eigenvalue weighted by Crippen LogP contribution is 2.16. The lowest BCUT2D eigenvalue weighted by atomic mass is 10.2. The van der Waals surface area contributed by atoms with Crippen molar-refractivity contribution in [2.24, 2.45) is 0 Å². The first-order valence-electron chi connectivity index (χ1n) is 6.85. The van der Waals surface area contributed by atoms with Gasteiger partial charge in [0.1, 0.15) is 6.10 Å². The van der Waals surface area contributed by atoms with E-state index in [0.29, 0.717) is 37.7 Å². The first-order chi connectivity index (χ1) is 9.74. The topological polar surface area (TPSA) is 71.9 Å². The monoisotopic (exact) mass is 280 g/mol. The van der Waals surface area contributed by atoms with E-state index >= 15 is 0 Å². The predicted molar refractivity (Wildman–Crippen MR) is 72.8 cm³/mol. The number of pyridine rings is 1. The maximum absolute atomic E-state index is 12.3. The van der Waals surface area contributed by atoms with Crippen LogP contribution >= 0.6 is 0 Å². The van der Waals surface area contributed by atoms with Crippen molar-refractivity contribution in [1.82, 2.24) is 9.88 Å². The molecule has 1 fully saturated rings. The van der Waals surface area contributed by atoms with E-state index in [1.165, 1.54) is 0 Å². The van der Waals surface area contributed by atoms with Gasteiger partial charge in [-0.1, -0.05) is 0 Å². The van der Waals surface area contributed by atoms with Crippen LogP contribution in [-0.4, -0.2) is 59.9 Å². The number of rotatable bonds is 6. The van der Waals surface area contributed by atoms with Crippen LogP contribution in [0.4, 0.5) is 0 Å². The van der Waals surface area contributed by atoms with Gasteiger partial charge in [0, 0.05) is 37.3 Å². The van der Waals surface area contributed by atoms with Crippen LogP contribution in [-0.2, 0) is 4.74 Å². The summed E-state index contributed by atoms with van der Waals surface area (Å²) in [5.41, 5.74) is 0.518. The number of carbonyl (C=O) groups excluding carboxylic acids is 1. The third-order valence-corrected chi connectivity index (χ3v) is 3.20. The Bertz CT molecular complexity index is 447. The van der Waals surface area contributed by atoms with Gasteiger partial charge in [0.15, 0.2) is 0 Å². The fourth-order valence-electron chi connectivity index (χ4n) is 2.09. The molecule has 0 aromatic carbocycles. The molecular formula is C14H20N2O4. The molecule has 0 aliphatic carbocycles. The molecule has 1 aliphatic rings. The quantitative estimate of drug-likeness (QED) is 0.830. The van der Waals surface area contributed by atoms with E-state index in [1.807, 2.05) is 6.92 Å². The molecule has 1 saturated heterocycles. The summed E-state index contributed by atoms with van der Waals surface area (Å²) in [5.74, 6) is 0.308. The summed E-state index contributed by atoms with van der Waals surface area (Å²) in [6, 6.07) is 3.29. The second-order valence-corrected chi connectivity index (χ2v) is 4.59. The van der Waals surface area contributed by atoms with Crippen molar-refractivity contribution >= 4 is 5.91 Å². The molecule has 6 heteroatoms. The highest BCUT2D eigenvalue weighted by molar-refractivity contribution is 5.94. The SMILES string of the molecule is CCN(CCO)C(=O)c1ccnc(OC2CCOC2)c1. The van der Waals surface area contributed by atoms with E-state index in [4.69, 9.17) is 14.6 Å². The van der Waals surface area contributed by atoms with Crippen LogP contribution in [0.1, 0.15) is 23.7 Å². The van der Waals surface area contributed by atoms with Gasteiger partial charge < -0.3 is 19.5 Å². The van der Waals surface area contributed by atoms with Crippen molar-refractivity contribution in [2.45, 2.75) is 19.4 Å². The molecule has 1 amide bonds. The van der Waals surface area contributed by atoms with Crippen LogP contribution in [0, 0.1) is 0 Å². The van der Waals surface area contributed by atoms with Crippen molar-refractivity contribution < 1.29 is 19.4 Å². The van der Waals surface area contributed by atoms with Gasteiger partial charge in [0.25, 0.3) is 5.91 Å². The van der Waals surface area contributed by atoms with E-state index in [-0.39, 0.29) is 18.6 Å². The number of amides is 1. The Morgan fingerprint density at radius 2 is 2.50 bits per heavy atom. The van der Waals surface area contributed by atoms with Crippen molar-refractivity contribution in [3.63, 3.8) is 0 Å². The van der Waals surface area contributed by atoms with Crippen LogP contribution in [0.15, 0.2) is 18.3 Å². The average Bonchev–Trinajstić information content (AvgIpc) is 2.97. The van der Waals surface area contributed by atoms with Crippen LogP contribution in [0.3, 0.4) is 0 Å². The molecule has 1 atom stereocenters.